The van der Waals surface area contributed by atoms with E-state index in [1.54, 1.807) is 42.5 Å². The Bertz CT molecular complexity index is 1460. The van der Waals surface area contributed by atoms with Crippen LogP contribution in [0, 0.1) is 0 Å². The van der Waals surface area contributed by atoms with E-state index in [0.717, 1.165) is 35.7 Å². The lowest BCUT2D eigenvalue weighted by Gasteiger charge is -2.18. The van der Waals surface area contributed by atoms with E-state index in [0.29, 0.717) is 24.2 Å². The van der Waals surface area contributed by atoms with Crippen LogP contribution in [0.4, 0.5) is 5.69 Å². The average molecular weight is 489 g/mol. The molecule has 35 heavy (non-hydrogen) atoms. The van der Waals surface area contributed by atoms with Crippen molar-refractivity contribution in [3.63, 3.8) is 0 Å². The van der Waals surface area contributed by atoms with Crippen molar-refractivity contribution in [2.45, 2.75) is 36.6 Å². The van der Waals surface area contributed by atoms with Crippen LogP contribution in [0.2, 0.25) is 0 Å². The van der Waals surface area contributed by atoms with E-state index >= 15 is 0 Å². The summed E-state index contributed by atoms with van der Waals surface area (Å²) in [7, 11) is -3.62. The zero-order valence-electron chi connectivity index (χ0n) is 19.3. The van der Waals surface area contributed by atoms with Gasteiger partial charge in [-0.2, -0.15) is 0 Å². The molecule has 1 aromatic heterocycles. The highest BCUT2D eigenvalue weighted by Crippen LogP contribution is 2.29. The van der Waals surface area contributed by atoms with Gasteiger partial charge in [-0.15, -0.1) is 0 Å². The summed E-state index contributed by atoms with van der Waals surface area (Å²) in [6.07, 6.45) is 3.39. The van der Waals surface area contributed by atoms with Gasteiger partial charge in [0.1, 0.15) is 0 Å². The highest BCUT2D eigenvalue weighted by molar-refractivity contribution is 7.92. The lowest BCUT2D eigenvalue weighted by molar-refractivity contribution is 0.0954. The van der Waals surface area contributed by atoms with Crippen LogP contribution in [0.1, 0.15) is 33.6 Å². The third-order valence-corrected chi connectivity index (χ3v) is 7.84. The summed E-state index contributed by atoms with van der Waals surface area (Å²) in [6, 6.07) is 21.3. The van der Waals surface area contributed by atoms with Crippen molar-refractivity contribution in [3.8, 4) is 0 Å². The lowest BCUT2D eigenvalue weighted by Crippen LogP contribution is -2.27. The van der Waals surface area contributed by atoms with Gasteiger partial charge in [-0.3, -0.25) is 9.52 Å². The van der Waals surface area contributed by atoms with Gasteiger partial charge in [-0.25, -0.2) is 8.42 Å². The first-order valence-electron chi connectivity index (χ1n) is 11.7. The maximum Gasteiger partial charge on any atom is 0.261 e. The van der Waals surface area contributed by atoms with Crippen molar-refractivity contribution >= 4 is 32.5 Å². The van der Waals surface area contributed by atoms with Crippen molar-refractivity contribution in [3.05, 3.63) is 95.2 Å². The molecule has 4 aromatic rings. The van der Waals surface area contributed by atoms with Crippen molar-refractivity contribution in [2.24, 2.45) is 5.73 Å². The summed E-state index contributed by atoms with van der Waals surface area (Å²) in [5.41, 5.74) is 11.8. The number of sulfonamides is 1. The molecule has 1 heterocycles. The number of rotatable bonds is 7. The molecule has 1 aliphatic rings. The van der Waals surface area contributed by atoms with Gasteiger partial charge < -0.3 is 16.0 Å². The van der Waals surface area contributed by atoms with Gasteiger partial charge in [-0.1, -0.05) is 30.3 Å². The topological polar surface area (TPSA) is 117 Å². The number of carbonyl (C=O) groups excluding carboxylic acids is 1. The molecule has 1 atom stereocenters. The first kappa shape index (κ1) is 23.1. The van der Waals surface area contributed by atoms with Crippen LogP contribution in [0.15, 0.2) is 77.7 Å². The summed E-state index contributed by atoms with van der Waals surface area (Å²) >= 11 is 0. The molecule has 0 saturated heterocycles. The number of H-pyrrole nitrogens is 1. The SMILES string of the molecule is NC1CCc2[nH]c3ccc(C(=O)NCCc4ccc(NS(=O)(=O)c5ccccc5)cc4)cc3c2C1. The Morgan fingerprint density at radius 2 is 1.80 bits per heavy atom. The smallest absolute Gasteiger partial charge is 0.261 e. The number of aryl methyl sites for hydroxylation is 1. The summed E-state index contributed by atoms with van der Waals surface area (Å²) in [5, 5.41) is 4.06. The molecule has 3 aromatic carbocycles. The van der Waals surface area contributed by atoms with Crippen LogP contribution in [0.5, 0.6) is 0 Å². The van der Waals surface area contributed by atoms with E-state index in [4.69, 9.17) is 5.73 Å². The van der Waals surface area contributed by atoms with E-state index in [9.17, 15) is 13.2 Å². The number of fused-ring (bicyclic) bond motifs is 3. The molecule has 0 aliphatic heterocycles. The van der Waals surface area contributed by atoms with Crippen LogP contribution in [-0.4, -0.2) is 31.9 Å². The van der Waals surface area contributed by atoms with Crippen molar-refractivity contribution in [1.29, 1.82) is 0 Å². The predicted molar refractivity (Wildman–Crippen MR) is 138 cm³/mol. The van der Waals surface area contributed by atoms with E-state index in [1.165, 1.54) is 11.3 Å². The molecule has 5 N–H and O–H groups in total. The van der Waals surface area contributed by atoms with Crippen molar-refractivity contribution in [2.75, 3.05) is 11.3 Å². The van der Waals surface area contributed by atoms with Crippen LogP contribution in [0.25, 0.3) is 10.9 Å². The minimum absolute atomic E-state index is 0.116. The monoisotopic (exact) mass is 488 g/mol. The number of hydrogen-bond donors (Lipinski definition) is 4. The molecule has 180 valence electrons. The van der Waals surface area contributed by atoms with Gasteiger partial charge in [0.25, 0.3) is 15.9 Å². The lowest BCUT2D eigenvalue weighted by atomic mass is 9.92. The minimum Gasteiger partial charge on any atom is -0.358 e. The molecule has 1 amide bonds. The number of aromatic amines is 1. The summed E-state index contributed by atoms with van der Waals surface area (Å²) in [5.74, 6) is -0.116. The van der Waals surface area contributed by atoms with Gasteiger partial charge in [0.15, 0.2) is 0 Å². The number of nitrogens with two attached hydrogens (primary N) is 1. The van der Waals surface area contributed by atoms with Gasteiger partial charge in [0.2, 0.25) is 0 Å². The summed E-state index contributed by atoms with van der Waals surface area (Å²) < 4.78 is 27.5. The zero-order valence-corrected chi connectivity index (χ0v) is 20.1. The molecule has 0 fully saturated rings. The van der Waals surface area contributed by atoms with Crippen molar-refractivity contribution in [1.82, 2.24) is 10.3 Å². The quantitative estimate of drug-likeness (QED) is 0.317. The second-order valence-electron chi connectivity index (χ2n) is 8.97. The number of benzene rings is 3. The maximum absolute atomic E-state index is 12.8. The Morgan fingerprint density at radius 1 is 1.03 bits per heavy atom. The van der Waals surface area contributed by atoms with E-state index in [1.807, 2.05) is 30.3 Å². The second-order valence-corrected chi connectivity index (χ2v) is 10.6. The van der Waals surface area contributed by atoms with Crippen molar-refractivity contribution < 1.29 is 13.2 Å². The molecule has 1 aliphatic carbocycles. The molecular formula is C27H28N4O3S. The van der Waals surface area contributed by atoms with Crippen LogP contribution in [-0.2, 0) is 29.3 Å². The highest BCUT2D eigenvalue weighted by Gasteiger charge is 2.21. The zero-order chi connectivity index (χ0) is 24.4. The maximum atomic E-state index is 12.8. The summed E-state index contributed by atoms with van der Waals surface area (Å²) in [6.45, 7) is 0.474. The van der Waals surface area contributed by atoms with Gasteiger partial charge in [0.05, 0.1) is 4.90 Å². The number of nitrogens with one attached hydrogen (secondary N) is 3. The third kappa shape index (κ3) is 5.08. The molecule has 1 unspecified atom stereocenters. The fourth-order valence-electron chi connectivity index (χ4n) is 4.56. The number of aromatic nitrogens is 1. The fraction of sp³-hybridized carbons (Fsp3) is 0.222. The molecule has 5 rings (SSSR count). The normalized spacial score (nSPS) is 15.5. The highest BCUT2D eigenvalue weighted by atomic mass is 32.2. The van der Waals surface area contributed by atoms with E-state index in [2.05, 4.69) is 15.0 Å². The number of anilines is 1. The van der Waals surface area contributed by atoms with Crippen LogP contribution in [0.3, 0.4) is 0 Å². The molecule has 0 saturated carbocycles. The summed E-state index contributed by atoms with van der Waals surface area (Å²) in [4.78, 5) is 16.4. The molecule has 0 spiro atoms. The van der Waals surface area contributed by atoms with Gasteiger partial charge in [0, 0.05) is 40.4 Å². The molecule has 0 bridgehead atoms. The number of amides is 1. The van der Waals surface area contributed by atoms with Crippen LogP contribution < -0.4 is 15.8 Å². The van der Waals surface area contributed by atoms with Crippen LogP contribution >= 0.6 is 0 Å². The van der Waals surface area contributed by atoms with E-state index < -0.39 is 10.0 Å². The third-order valence-electron chi connectivity index (χ3n) is 6.45. The molecule has 7 nitrogen and oxygen atoms in total. The predicted octanol–water partition coefficient (Wildman–Crippen LogP) is 3.76. The Hall–Kier alpha value is -3.62. The fourth-order valence-corrected chi connectivity index (χ4v) is 5.64. The number of carbonyl (C=O) groups is 1. The first-order chi connectivity index (χ1) is 16.9. The Kier molecular flexibility index (Phi) is 6.32. The first-order valence-corrected chi connectivity index (χ1v) is 13.2. The Balaban J connectivity index is 1.18. The molecular weight excluding hydrogens is 460 g/mol. The molecule has 8 heteroatoms. The molecule has 0 radical (unpaired) electrons. The largest absolute Gasteiger partial charge is 0.358 e. The second kappa shape index (κ2) is 9.56. The average Bonchev–Trinajstić information content (AvgIpc) is 3.22. The minimum atomic E-state index is -3.62. The standard InChI is InChI=1S/C27H28N4O3S/c28-20-9-13-26-24(17-20)23-16-19(8-12-25(23)30-26)27(32)29-15-14-18-6-10-21(11-7-18)31-35(33,34)22-4-2-1-3-5-22/h1-8,10-12,16,20,30-31H,9,13-15,17,28H2,(H,29,32). The van der Waals surface area contributed by atoms with Gasteiger partial charge >= 0.3 is 0 Å². The van der Waals surface area contributed by atoms with E-state index in [-0.39, 0.29) is 16.8 Å². The Labute approximate surface area is 204 Å². The van der Waals surface area contributed by atoms with Gasteiger partial charge in [-0.05, 0) is 79.3 Å². The Morgan fingerprint density at radius 3 is 2.57 bits per heavy atom. The number of hydrogen-bond acceptors (Lipinski definition) is 4.